The lowest BCUT2D eigenvalue weighted by molar-refractivity contribution is -0.142. The van der Waals surface area contributed by atoms with Gasteiger partial charge in [-0.1, -0.05) is 12.1 Å². The van der Waals surface area contributed by atoms with Gasteiger partial charge in [0.15, 0.2) is 5.96 Å². The molecule has 1 aromatic carbocycles. The van der Waals surface area contributed by atoms with Gasteiger partial charge in [0.2, 0.25) is 0 Å². The fourth-order valence-electron chi connectivity index (χ4n) is 3.63. The van der Waals surface area contributed by atoms with E-state index in [1.807, 2.05) is 30.9 Å². The van der Waals surface area contributed by atoms with E-state index in [0.29, 0.717) is 26.2 Å². The fraction of sp³-hybridized carbons (Fsp3) is 0.619. The van der Waals surface area contributed by atoms with Crippen molar-refractivity contribution in [1.82, 2.24) is 15.1 Å². The molecule has 154 valence electrons. The van der Waals surface area contributed by atoms with Crippen LogP contribution < -0.4 is 10.1 Å². The minimum Gasteiger partial charge on any atom is -0.491 e. The van der Waals surface area contributed by atoms with E-state index < -0.39 is 0 Å². The predicted octanol–water partition coefficient (Wildman–Crippen LogP) is 1.87. The number of ether oxygens (including phenoxy) is 2. The molecule has 7 nitrogen and oxygen atoms in total. The van der Waals surface area contributed by atoms with Gasteiger partial charge in [-0.2, -0.15) is 0 Å². The maximum Gasteiger partial charge on any atom is 0.251 e. The number of piperazine rings is 1. The van der Waals surface area contributed by atoms with Crippen LogP contribution in [0.2, 0.25) is 0 Å². The van der Waals surface area contributed by atoms with Gasteiger partial charge >= 0.3 is 0 Å². The van der Waals surface area contributed by atoms with Crippen LogP contribution in [0.4, 0.5) is 0 Å². The summed E-state index contributed by atoms with van der Waals surface area (Å²) in [6.45, 7) is 8.39. The van der Waals surface area contributed by atoms with Crippen molar-refractivity contribution >= 4 is 11.9 Å². The number of benzene rings is 1. The van der Waals surface area contributed by atoms with Crippen LogP contribution in [0, 0.1) is 0 Å². The number of guanidine groups is 1. The zero-order valence-electron chi connectivity index (χ0n) is 17.2. The molecule has 0 spiro atoms. The van der Waals surface area contributed by atoms with Crippen molar-refractivity contribution in [3.8, 4) is 5.75 Å². The van der Waals surface area contributed by atoms with Crippen molar-refractivity contribution in [2.24, 2.45) is 4.99 Å². The van der Waals surface area contributed by atoms with E-state index in [1.165, 1.54) is 0 Å². The van der Waals surface area contributed by atoms with Crippen LogP contribution >= 0.6 is 0 Å². The zero-order valence-corrected chi connectivity index (χ0v) is 17.2. The molecule has 0 aliphatic carbocycles. The topological polar surface area (TPSA) is 66.4 Å². The summed E-state index contributed by atoms with van der Waals surface area (Å²) < 4.78 is 11.3. The third-order valence-electron chi connectivity index (χ3n) is 5.03. The van der Waals surface area contributed by atoms with Crippen molar-refractivity contribution in [2.75, 3.05) is 39.8 Å². The Bertz CT molecular complexity index is 678. The highest BCUT2D eigenvalue weighted by molar-refractivity contribution is 5.82. The Morgan fingerprint density at radius 3 is 2.68 bits per heavy atom. The highest BCUT2D eigenvalue weighted by Crippen LogP contribution is 2.17. The second kappa shape index (κ2) is 9.78. The van der Waals surface area contributed by atoms with Crippen LogP contribution in [-0.2, 0) is 16.1 Å². The normalized spacial score (nSPS) is 20.6. The summed E-state index contributed by atoms with van der Waals surface area (Å²) in [6, 6.07) is 8.11. The van der Waals surface area contributed by atoms with Gasteiger partial charge in [-0.25, -0.2) is 0 Å². The highest BCUT2D eigenvalue weighted by atomic mass is 16.5. The molecule has 1 atom stereocenters. The molecule has 2 aliphatic rings. The van der Waals surface area contributed by atoms with Crippen LogP contribution in [-0.4, -0.2) is 73.7 Å². The number of nitrogens with zero attached hydrogens (tertiary/aromatic N) is 3. The van der Waals surface area contributed by atoms with Crippen molar-refractivity contribution in [1.29, 1.82) is 0 Å². The first-order chi connectivity index (χ1) is 13.6. The fourth-order valence-corrected chi connectivity index (χ4v) is 3.63. The summed E-state index contributed by atoms with van der Waals surface area (Å²) in [5.74, 6) is 1.88. The lowest BCUT2D eigenvalue weighted by Crippen LogP contribution is -2.55. The minimum absolute atomic E-state index is 0.141. The third kappa shape index (κ3) is 5.38. The van der Waals surface area contributed by atoms with Gasteiger partial charge in [-0.15, -0.1) is 0 Å². The number of carbonyl (C=O) groups is 1. The summed E-state index contributed by atoms with van der Waals surface area (Å²) in [6.07, 6.45) is 1.76. The van der Waals surface area contributed by atoms with Crippen LogP contribution in [0.25, 0.3) is 0 Å². The molecule has 0 radical (unpaired) electrons. The molecule has 0 saturated carbocycles. The van der Waals surface area contributed by atoms with E-state index in [2.05, 4.69) is 27.3 Å². The van der Waals surface area contributed by atoms with E-state index in [1.54, 1.807) is 7.05 Å². The Balaban J connectivity index is 1.49. The number of hydrogen-bond acceptors (Lipinski definition) is 4. The van der Waals surface area contributed by atoms with Gasteiger partial charge in [0.1, 0.15) is 11.9 Å². The molecule has 1 N–H and O–H groups in total. The van der Waals surface area contributed by atoms with Gasteiger partial charge in [0, 0.05) is 46.4 Å². The maximum atomic E-state index is 12.5. The molecule has 2 saturated heterocycles. The van der Waals surface area contributed by atoms with E-state index in [0.717, 1.165) is 43.2 Å². The molecule has 28 heavy (non-hydrogen) atoms. The molecular formula is C21H32N4O3. The average Bonchev–Trinajstić information content (AvgIpc) is 3.23. The standard InChI is InChI=1S/C21H32N4O3/c1-16(2)28-18-7-4-6-17(14-18)15-23-21(22-3)25-11-9-24(10-12-25)20(26)19-8-5-13-27-19/h4,6-7,14,16,19H,5,8-13,15H2,1-3H3,(H,22,23). The number of aliphatic imine (C=N–C) groups is 1. The Morgan fingerprint density at radius 1 is 1.29 bits per heavy atom. The van der Waals surface area contributed by atoms with Crippen molar-refractivity contribution in [2.45, 2.75) is 45.4 Å². The lowest BCUT2D eigenvalue weighted by Gasteiger charge is -2.37. The Labute approximate surface area is 167 Å². The average molecular weight is 389 g/mol. The Hall–Kier alpha value is -2.28. The van der Waals surface area contributed by atoms with Crippen LogP contribution in [0.5, 0.6) is 5.75 Å². The second-order valence-electron chi connectivity index (χ2n) is 7.53. The van der Waals surface area contributed by atoms with Gasteiger partial charge in [-0.05, 0) is 44.4 Å². The Kier molecular flexibility index (Phi) is 7.14. The molecule has 2 heterocycles. The summed E-state index contributed by atoms with van der Waals surface area (Å²) in [7, 11) is 1.80. The number of amides is 1. The SMILES string of the molecule is CN=C(NCc1cccc(OC(C)C)c1)N1CCN(C(=O)C2CCCO2)CC1. The first-order valence-corrected chi connectivity index (χ1v) is 10.2. The summed E-state index contributed by atoms with van der Waals surface area (Å²) in [5.41, 5.74) is 1.14. The van der Waals surface area contributed by atoms with Crippen molar-refractivity contribution in [3.05, 3.63) is 29.8 Å². The summed E-state index contributed by atoms with van der Waals surface area (Å²) in [4.78, 5) is 21.0. The molecule has 1 unspecified atom stereocenters. The largest absolute Gasteiger partial charge is 0.491 e. The third-order valence-corrected chi connectivity index (χ3v) is 5.03. The minimum atomic E-state index is -0.232. The van der Waals surface area contributed by atoms with Crippen molar-refractivity contribution in [3.63, 3.8) is 0 Å². The molecule has 3 rings (SSSR count). The van der Waals surface area contributed by atoms with Gasteiger partial charge in [0.05, 0.1) is 6.10 Å². The molecular weight excluding hydrogens is 356 g/mol. The lowest BCUT2D eigenvalue weighted by atomic mass is 10.2. The first kappa shape index (κ1) is 20.5. The quantitative estimate of drug-likeness (QED) is 0.616. The summed E-state index contributed by atoms with van der Waals surface area (Å²) >= 11 is 0. The number of hydrogen-bond donors (Lipinski definition) is 1. The van der Waals surface area contributed by atoms with Crippen molar-refractivity contribution < 1.29 is 14.3 Å². The van der Waals surface area contributed by atoms with E-state index in [4.69, 9.17) is 9.47 Å². The highest BCUT2D eigenvalue weighted by Gasteiger charge is 2.30. The van der Waals surface area contributed by atoms with Crippen LogP contribution in [0.1, 0.15) is 32.3 Å². The van der Waals surface area contributed by atoms with Gasteiger partial charge < -0.3 is 24.6 Å². The molecule has 0 aromatic heterocycles. The number of carbonyl (C=O) groups excluding carboxylic acids is 1. The first-order valence-electron chi connectivity index (χ1n) is 10.2. The maximum absolute atomic E-state index is 12.5. The summed E-state index contributed by atoms with van der Waals surface area (Å²) in [5, 5.41) is 3.43. The Morgan fingerprint density at radius 2 is 2.04 bits per heavy atom. The molecule has 1 aromatic rings. The molecule has 2 aliphatic heterocycles. The van der Waals surface area contributed by atoms with E-state index in [-0.39, 0.29) is 18.1 Å². The monoisotopic (exact) mass is 388 g/mol. The zero-order chi connectivity index (χ0) is 19.9. The second-order valence-corrected chi connectivity index (χ2v) is 7.53. The predicted molar refractivity (Wildman–Crippen MR) is 110 cm³/mol. The van der Waals surface area contributed by atoms with E-state index >= 15 is 0 Å². The number of rotatable bonds is 5. The van der Waals surface area contributed by atoms with E-state index in [9.17, 15) is 4.79 Å². The molecule has 2 fully saturated rings. The molecule has 7 heteroatoms. The molecule has 0 bridgehead atoms. The van der Waals surface area contributed by atoms with Gasteiger partial charge in [0.25, 0.3) is 5.91 Å². The van der Waals surface area contributed by atoms with Crippen LogP contribution in [0.3, 0.4) is 0 Å². The molecule has 1 amide bonds. The number of nitrogens with one attached hydrogen (secondary N) is 1. The van der Waals surface area contributed by atoms with Crippen LogP contribution in [0.15, 0.2) is 29.3 Å². The van der Waals surface area contributed by atoms with Gasteiger partial charge in [-0.3, -0.25) is 9.79 Å². The smallest absolute Gasteiger partial charge is 0.251 e.